The molecule has 150 valence electrons. The summed E-state index contributed by atoms with van der Waals surface area (Å²) in [6, 6.07) is 2.14. The summed E-state index contributed by atoms with van der Waals surface area (Å²) in [5, 5.41) is 6.94. The Morgan fingerprint density at radius 2 is 2.00 bits per heavy atom. The van der Waals surface area contributed by atoms with Crippen molar-refractivity contribution in [1.29, 1.82) is 0 Å². The van der Waals surface area contributed by atoms with Crippen LogP contribution in [-0.4, -0.2) is 64.5 Å². The summed E-state index contributed by atoms with van der Waals surface area (Å²) in [7, 11) is 0. The van der Waals surface area contributed by atoms with Gasteiger partial charge in [0.2, 0.25) is 11.8 Å². The molecule has 2 heterocycles. The van der Waals surface area contributed by atoms with Crippen LogP contribution in [0.25, 0.3) is 0 Å². The molecule has 1 aromatic rings. The first-order chi connectivity index (χ1) is 13.0. The molecule has 1 aromatic heterocycles. The van der Waals surface area contributed by atoms with E-state index < -0.39 is 0 Å². The second-order valence-corrected chi connectivity index (χ2v) is 7.77. The van der Waals surface area contributed by atoms with Gasteiger partial charge in [0.25, 0.3) is 0 Å². The van der Waals surface area contributed by atoms with Crippen molar-refractivity contribution in [2.24, 2.45) is 0 Å². The highest BCUT2D eigenvalue weighted by Gasteiger charge is 2.42. The van der Waals surface area contributed by atoms with Gasteiger partial charge in [0.15, 0.2) is 0 Å². The first kappa shape index (κ1) is 19.9. The maximum atomic E-state index is 13.0. The molecule has 1 aliphatic heterocycles. The summed E-state index contributed by atoms with van der Waals surface area (Å²) in [6.07, 6.45) is 5.65. The second kappa shape index (κ2) is 8.87. The average Bonchev–Trinajstić information content (AvgIpc) is 3.36. The Balaban J connectivity index is 1.64. The third-order valence-corrected chi connectivity index (χ3v) is 5.87. The van der Waals surface area contributed by atoms with Crippen LogP contribution in [-0.2, 0) is 16.0 Å². The normalized spacial score (nSPS) is 23.7. The third kappa shape index (κ3) is 4.69. The standard InChI is InChI=1S/C20H32N4O3/c1-4-23(5-2)20(26)18-11-15(13-24(18)16-8-6-7-9-16)21-19(25)12-17-10-14(3)22-27-17/h10,15-16,18H,4-9,11-13H2,1-3H3,(H,21,25)/t15-,18+/m1/s1. The van der Waals surface area contributed by atoms with Crippen LogP contribution in [0.4, 0.5) is 0 Å². The summed E-state index contributed by atoms with van der Waals surface area (Å²) in [5.41, 5.74) is 0.774. The lowest BCUT2D eigenvalue weighted by Crippen LogP contribution is -2.48. The van der Waals surface area contributed by atoms with Crippen LogP contribution in [0, 0.1) is 6.92 Å². The molecule has 1 N–H and O–H groups in total. The predicted molar refractivity (Wildman–Crippen MR) is 102 cm³/mol. The molecule has 1 aliphatic carbocycles. The minimum absolute atomic E-state index is 0.00614. The van der Waals surface area contributed by atoms with Crippen molar-refractivity contribution in [3.63, 3.8) is 0 Å². The van der Waals surface area contributed by atoms with Crippen molar-refractivity contribution in [3.8, 4) is 0 Å². The SMILES string of the molecule is CCN(CC)C(=O)[C@@H]1C[C@@H](NC(=O)Cc2cc(C)no2)CN1C1CCCC1. The zero-order chi connectivity index (χ0) is 19.4. The number of hydrogen-bond donors (Lipinski definition) is 1. The number of aromatic nitrogens is 1. The molecule has 1 saturated carbocycles. The van der Waals surface area contributed by atoms with Gasteiger partial charge in [-0.3, -0.25) is 14.5 Å². The Bertz CT molecular complexity index is 649. The van der Waals surface area contributed by atoms with E-state index in [9.17, 15) is 9.59 Å². The molecule has 0 aromatic carbocycles. The summed E-state index contributed by atoms with van der Waals surface area (Å²) < 4.78 is 5.14. The van der Waals surface area contributed by atoms with Crippen molar-refractivity contribution in [2.75, 3.05) is 19.6 Å². The Labute approximate surface area is 161 Å². The lowest BCUT2D eigenvalue weighted by atomic mass is 10.1. The lowest BCUT2D eigenvalue weighted by Gasteiger charge is -2.32. The highest BCUT2D eigenvalue weighted by Crippen LogP contribution is 2.31. The zero-order valence-corrected chi connectivity index (χ0v) is 16.7. The van der Waals surface area contributed by atoms with Crippen LogP contribution < -0.4 is 5.32 Å². The number of nitrogens with zero attached hydrogens (tertiary/aromatic N) is 3. The van der Waals surface area contributed by atoms with E-state index in [-0.39, 0.29) is 30.3 Å². The molecular formula is C20H32N4O3. The number of nitrogens with one attached hydrogen (secondary N) is 1. The number of hydrogen-bond acceptors (Lipinski definition) is 5. The first-order valence-corrected chi connectivity index (χ1v) is 10.3. The van der Waals surface area contributed by atoms with E-state index in [0.29, 0.717) is 18.2 Å². The van der Waals surface area contributed by atoms with E-state index in [0.717, 1.165) is 38.2 Å². The van der Waals surface area contributed by atoms with Crippen LogP contribution in [0.2, 0.25) is 0 Å². The van der Waals surface area contributed by atoms with E-state index in [1.807, 2.05) is 25.7 Å². The van der Waals surface area contributed by atoms with Gasteiger partial charge in [0.05, 0.1) is 18.2 Å². The average molecular weight is 377 g/mol. The van der Waals surface area contributed by atoms with Crippen LogP contribution >= 0.6 is 0 Å². The van der Waals surface area contributed by atoms with E-state index in [4.69, 9.17) is 4.52 Å². The molecule has 0 radical (unpaired) electrons. The van der Waals surface area contributed by atoms with Gasteiger partial charge >= 0.3 is 0 Å². The van der Waals surface area contributed by atoms with Crippen molar-refractivity contribution in [3.05, 3.63) is 17.5 Å². The van der Waals surface area contributed by atoms with Crippen LogP contribution in [0.3, 0.4) is 0 Å². The fraction of sp³-hybridized carbons (Fsp3) is 0.750. The van der Waals surface area contributed by atoms with Crippen LogP contribution in [0.1, 0.15) is 57.4 Å². The lowest BCUT2D eigenvalue weighted by molar-refractivity contribution is -0.136. The highest BCUT2D eigenvalue weighted by molar-refractivity contribution is 5.83. The summed E-state index contributed by atoms with van der Waals surface area (Å²) in [5.74, 6) is 0.708. The van der Waals surface area contributed by atoms with Gasteiger partial charge in [-0.15, -0.1) is 0 Å². The van der Waals surface area contributed by atoms with Crippen LogP contribution in [0.5, 0.6) is 0 Å². The Hall–Kier alpha value is -1.89. The molecule has 2 fully saturated rings. The monoisotopic (exact) mass is 376 g/mol. The van der Waals surface area contributed by atoms with Gasteiger partial charge in [0, 0.05) is 37.8 Å². The van der Waals surface area contributed by atoms with E-state index in [2.05, 4.69) is 15.4 Å². The number of carbonyl (C=O) groups excluding carboxylic acids is 2. The van der Waals surface area contributed by atoms with Gasteiger partial charge in [0.1, 0.15) is 5.76 Å². The van der Waals surface area contributed by atoms with E-state index in [1.165, 1.54) is 12.8 Å². The van der Waals surface area contributed by atoms with Crippen molar-refractivity contribution < 1.29 is 14.1 Å². The molecule has 0 bridgehead atoms. The highest BCUT2D eigenvalue weighted by atomic mass is 16.5. The molecule has 1 saturated heterocycles. The largest absolute Gasteiger partial charge is 0.361 e. The summed E-state index contributed by atoms with van der Waals surface area (Å²) >= 11 is 0. The van der Waals surface area contributed by atoms with Gasteiger partial charge in [-0.2, -0.15) is 0 Å². The smallest absolute Gasteiger partial charge is 0.239 e. The summed E-state index contributed by atoms with van der Waals surface area (Å²) in [6.45, 7) is 8.09. The van der Waals surface area contributed by atoms with Gasteiger partial charge in [-0.25, -0.2) is 0 Å². The first-order valence-electron chi connectivity index (χ1n) is 10.3. The fourth-order valence-corrected chi connectivity index (χ4v) is 4.53. The minimum atomic E-state index is -0.120. The number of rotatable bonds is 7. The second-order valence-electron chi connectivity index (χ2n) is 7.77. The van der Waals surface area contributed by atoms with E-state index >= 15 is 0 Å². The molecule has 7 nitrogen and oxygen atoms in total. The summed E-state index contributed by atoms with van der Waals surface area (Å²) in [4.78, 5) is 29.7. The van der Waals surface area contributed by atoms with Crippen molar-refractivity contribution in [2.45, 2.75) is 77.4 Å². The molecule has 2 aliphatic rings. The number of likely N-dealkylation sites (N-methyl/N-ethyl adjacent to an activating group) is 1. The molecule has 7 heteroatoms. The van der Waals surface area contributed by atoms with Crippen LogP contribution in [0.15, 0.2) is 10.6 Å². The molecule has 3 rings (SSSR count). The quantitative estimate of drug-likeness (QED) is 0.786. The topological polar surface area (TPSA) is 78.7 Å². The number of aryl methyl sites for hydroxylation is 1. The fourth-order valence-electron chi connectivity index (χ4n) is 4.53. The molecule has 2 amide bonds. The number of amides is 2. The Kier molecular flexibility index (Phi) is 6.52. The Morgan fingerprint density at radius 1 is 1.30 bits per heavy atom. The minimum Gasteiger partial charge on any atom is -0.361 e. The maximum absolute atomic E-state index is 13.0. The number of carbonyl (C=O) groups is 2. The zero-order valence-electron chi connectivity index (χ0n) is 16.7. The predicted octanol–water partition coefficient (Wildman–Crippen LogP) is 1.90. The maximum Gasteiger partial charge on any atom is 0.239 e. The third-order valence-electron chi connectivity index (χ3n) is 5.87. The number of likely N-dealkylation sites (tertiary alicyclic amines) is 1. The molecule has 2 atom stereocenters. The Morgan fingerprint density at radius 3 is 2.59 bits per heavy atom. The van der Waals surface area contributed by atoms with Gasteiger partial charge < -0.3 is 14.7 Å². The van der Waals surface area contributed by atoms with Crippen molar-refractivity contribution in [1.82, 2.24) is 20.3 Å². The molecule has 27 heavy (non-hydrogen) atoms. The van der Waals surface area contributed by atoms with E-state index in [1.54, 1.807) is 6.07 Å². The van der Waals surface area contributed by atoms with Gasteiger partial charge in [-0.1, -0.05) is 18.0 Å². The molecule has 0 spiro atoms. The molecule has 0 unspecified atom stereocenters. The van der Waals surface area contributed by atoms with Gasteiger partial charge in [-0.05, 0) is 40.0 Å². The molecular weight excluding hydrogens is 344 g/mol. The van der Waals surface area contributed by atoms with Crippen molar-refractivity contribution >= 4 is 11.8 Å².